The molecule has 0 amide bonds. The average Bonchev–Trinajstić information content (AvgIpc) is 2.95. The molecule has 0 aliphatic carbocycles. The van der Waals surface area contributed by atoms with Crippen molar-refractivity contribution in [1.29, 1.82) is 0 Å². The van der Waals surface area contributed by atoms with Gasteiger partial charge in [0.1, 0.15) is 5.76 Å². The van der Waals surface area contributed by atoms with Crippen LogP contribution < -0.4 is 0 Å². The van der Waals surface area contributed by atoms with Gasteiger partial charge in [0.05, 0.1) is 28.8 Å². The van der Waals surface area contributed by atoms with Crippen molar-refractivity contribution in [2.45, 2.75) is 46.3 Å². The van der Waals surface area contributed by atoms with Gasteiger partial charge in [0.15, 0.2) is 0 Å². The molecule has 1 N–H and O–H groups in total. The number of rotatable bonds is 5. The van der Waals surface area contributed by atoms with Crippen molar-refractivity contribution < 1.29 is 9.52 Å². The molecule has 0 bridgehead atoms. The van der Waals surface area contributed by atoms with Gasteiger partial charge in [-0.1, -0.05) is 18.5 Å². The lowest BCUT2D eigenvalue weighted by molar-refractivity contribution is 0.174. The fourth-order valence-electron chi connectivity index (χ4n) is 2.15. The summed E-state index contributed by atoms with van der Waals surface area (Å²) in [6.07, 6.45) is 2.20. The summed E-state index contributed by atoms with van der Waals surface area (Å²) in [5.41, 5.74) is 2.54. The van der Waals surface area contributed by atoms with Gasteiger partial charge in [-0.25, -0.2) is 0 Å². The van der Waals surface area contributed by atoms with Crippen molar-refractivity contribution in [3.63, 3.8) is 0 Å². The first-order valence-electron chi connectivity index (χ1n) is 6.53. The Morgan fingerprint density at radius 3 is 2.74 bits per heavy atom. The van der Waals surface area contributed by atoms with E-state index in [0.29, 0.717) is 11.4 Å². The molecule has 5 heteroatoms. The summed E-state index contributed by atoms with van der Waals surface area (Å²) in [4.78, 5) is 0. The monoisotopic (exact) mass is 282 g/mol. The fraction of sp³-hybridized carbons (Fsp3) is 0.500. The van der Waals surface area contributed by atoms with E-state index in [-0.39, 0.29) is 0 Å². The lowest BCUT2D eigenvalue weighted by Gasteiger charge is -2.10. The van der Waals surface area contributed by atoms with Crippen LogP contribution in [0, 0.1) is 6.92 Å². The molecule has 0 fully saturated rings. The summed E-state index contributed by atoms with van der Waals surface area (Å²) in [6.45, 7) is 6.63. The largest absolute Gasteiger partial charge is 0.469 e. The van der Waals surface area contributed by atoms with Crippen LogP contribution in [0.2, 0.25) is 5.02 Å². The third-order valence-corrected chi connectivity index (χ3v) is 3.65. The Bertz CT molecular complexity index is 560. The zero-order valence-corrected chi connectivity index (χ0v) is 12.2. The quantitative estimate of drug-likeness (QED) is 0.915. The zero-order valence-electron chi connectivity index (χ0n) is 11.5. The third kappa shape index (κ3) is 2.85. The van der Waals surface area contributed by atoms with Gasteiger partial charge < -0.3 is 9.52 Å². The van der Waals surface area contributed by atoms with E-state index in [9.17, 15) is 5.11 Å². The minimum absolute atomic E-state index is 0.443. The van der Waals surface area contributed by atoms with Crippen molar-refractivity contribution >= 4 is 11.6 Å². The lowest BCUT2D eigenvalue weighted by Crippen LogP contribution is -2.08. The van der Waals surface area contributed by atoms with Crippen LogP contribution in [-0.4, -0.2) is 14.9 Å². The lowest BCUT2D eigenvalue weighted by atomic mass is 10.1. The maximum atomic E-state index is 10.3. The molecule has 0 aromatic carbocycles. The molecule has 1 unspecified atom stereocenters. The molecule has 2 rings (SSSR count). The molecular formula is C14H19ClN2O2. The molecule has 19 heavy (non-hydrogen) atoms. The van der Waals surface area contributed by atoms with Gasteiger partial charge in [0.2, 0.25) is 0 Å². The molecule has 0 spiro atoms. The smallest absolute Gasteiger partial charge is 0.101 e. The van der Waals surface area contributed by atoms with E-state index >= 15 is 0 Å². The Kier molecular flexibility index (Phi) is 4.32. The van der Waals surface area contributed by atoms with Crippen LogP contribution in [0.5, 0.6) is 0 Å². The maximum absolute atomic E-state index is 10.3. The molecule has 4 nitrogen and oxygen atoms in total. The summed E-state index contributed by atoms with van der Waals surface area (Å²) in [5, 5.41) is 15.4. The minimum atomic E-state index is -0.623. The summed E-state index contributed by atoms with van der Waals surface area (Å²) in [7, 11) is 0. The fourth-order valence-corrected chi connectivity index (χ4v) is 2.50. The summed E-state index contributed by atoms with van der Waals surface area (Å²) in [6, 6.07) is 1.84. The number of aryl methyl sites for hydroxylation is 3. The second-order valence-electron chi connectivity index (χ2n) is 4.59. The van der Waals surface area contributed by atoms with Gasteiger partial charge in [-0.05, 0) is 26.3 Å². The molecular weight excluding hydrogens is 264 g/mol. The van der Waals surface area contributed by atoms with E-state index in [1.165, 1.54) is 0 Å². The van der Waals surface area contributed by atoms with E-state index in [2.05, 4.69) is 5.10 Å². The van der Waals surface area contributed by atoms with Crippen LogP contribution in [0.1, 0.15) is 42.7 Å². The van der Waals surface area contributed by atoms with E-state index < -0.39 is 6.10 Å². The van der Waals surface area contributed by atoms with E-state index in [1.807, 2.05) is 31.5 Å². The highest BCUT2D eigenvalue weighted by molar-refractivity contribution is 6.31. The summed E-state index contributed by atoms with van der Waals surface area (Å²) in [5.74, 6) is 0.790. The first kappa shape index (κ1) is 14.2. The predicted octanol–water partition coefficient (Wildman–Crippen LogP) is 3.30. The molecule has 104 valence electrons. The van der Waals surface area contributed by atoms with Gasteiger partial charge in [0, 0.05) is 18.5 Å². The number of aliphatic hydroxyl groups excluding tert-OH is 1. The van der Waals surface area contributed by atoms with Crippen molar-refractivity contribution in [1.82, 2.24) is 9.78 Å². The van der Waals surface area contributed by atoms with Crippen molar-refractivity contribution in [2.75, 3.05) is 0 Å². The predicted molar refractivity (Wildman–Crippen MR) is 74.4 cm³/mol. The SMILES string of the molecule is CCc1nn(CC)c(CC(O)c2coc(C)c2)c1Cl. The Morgan fingerprint density at radius 1 is 1.47 bits per heavy atom. The highest BCUT2D eigenvalue weighted by Gasteiger charge is 2.19. The van der Waals surface area contributed by atoms with Crippen LogP contribution in [0.3, 0.4) is 0 Å². The van der Waals surface area contributed by atoms with E-state index in [4.69, 9.17) is 16.0 Å². The molecule has 0 radical (unpaired) electrons. The number of aliphatic hydroxyl groups is 1. The molecule has 0 saturated heterocycles. The number of furan rings is 1. The first-order chi connectivity index (χ1) is 9.06. The number of nitrogens with zero attached hydrogens (tertiary/aromatic N) is 2. The van der Waals surface area contributed by atoms with Crippen LogP contribution in [0.25, 0.3) is 0 Å². The molecule has 2 aromatic rings. The van der Waals surface area contributed by atoms with E-state index in [1.54, 1.807) is 6.26 Å². The Hall–Kier alpha value is -1.26. The van der Waals surface area contributed by atoms with Gasteiger partial charge in [0.25, 0.3) is 0 Å². The highest BCUT2D eigenvalue weighted by atomic mass is 35.5. The van der Waals surface area contributed by atoms with Crippen LogP contribution in [-0.2, 0) is 19.4 Å². The molecule has 0 aliphatic rings. The Balaban J connectivity index is 2.25. The number of aromatic nitrogens is 2. The van der Waals surface area contributed by atoms with Crippen molar-refractivity contribution in [3.05, 3.63) is 40.1 Å². The molecule has 1 atom stereocenters. The average molecular weight is 283 g/mol. The number of hydrogen-bond acceptors (Lipinski definition) is 3. The van der Waals surface area contributed by atoms with Gasteiger partial charge >= 0.3 is 0 Å². The van der Waals surface area contributed by atoms with Crippen molar-refractivity contribution in [2.24, 2.45) is 0 Å². The second-order valence-corrected chi connectivity index (χ2v) is 4.97. The third-order valence-electron chi connectivity index (χ3n) is 3.22. The molecule has 2 aromatic heterocycles. The van der Waals surface area contributed by atoms with Gasteiger partial charge in [-0.3, -0.25) is 4.68 Å². The first-order valence-corrected chi connectivity index (χ1v) is 6.91. The molecule has 2 heterocycles. The maximum Gasteiger partial charge on any atom is 0.101 e. The molecule has 0 aliphatic heterocycles. The summed E-state index contributed by atoms with van der Waals surface area (Å²) >= 11 is 6.33. The highest BCUT2D eigenvalue weighted by Crippen LogP contribution is 2.27. The van der Waals surface area contributed by atoms with Crippen LogP contribution in [0.15, 0.2) is 16.7 Å². The topological polar surface area (TPSA) is 51.2 Å². The van der Waals surface area contributed by atoms with Gasteiger partial charge in [-0.15, -0.1) is 0 Å². The normalized spacial score (nSPS) is 12.9. The summed E-state index contributed by atoms with van der Waals surface area (Å²) < 4.78 is 7.08. The van der Waals surface area contributed by atoms with Gasteiger partial charge in [-0.2, -0.15) is 5.10 Å². The minimum Gasteiger partial charge on any atom is -0.469 e. The zero-order chi connectivity index (χ0) is 14.0. The van der Waals surface area contributed by atoms with Crippen LogP contribution in [0.4, 0.5) is 0 Å². The van der Waals surface area contributed by atoms with Crippen LogP contribution >= 0.6 is 11.6 Å². The Labute approximate surface area is 118 Å². The van der Waals surface area contributed by atoms with E-state index in [0.717, 1.165) is 35.7 Å². The number of hydrogen-bond donors (Lipinski definition) is 1. The standard InChI is InChI=1S/C14H19ClN2O2/c1-4-11-14(15)12(17(5-2)16-11)7-13(18)10-6-9(3)19-8-10/h6,8,13,18H,4-5,7H2,1-3H3. The number of halogens is 1. The van der Waals surface area contributed by atoms with Crippen molar-refractivity contribution in [3.8, 4) is 0 Å². The molecule has 0 saturated carbocycles. The Morgan fingerprint density at radius 2 is 2.21 bits per heavy atom. The second kappa shape index (κ2) is 5.80.